The standard InChI is InChI=1S/C26H40N10O3/c1-2-3-10-30-24-33-25(31-11-4-14-36-15-12-28-20-36)35-26(34-24)32-22-7-5-21(6-8-22)23(37)29-13-17-39-19-18-38-16-9-27/h5-8,12,15,20H,2-4,9-11,13-14,16-19,27H2,1H3,(H,29,37)(H3,30,31,32,33,34,35). The molecule has 6 N–H and O–H groups in total. The van der Waals surface area contributed by atoms with E-state index in [9.17, 15) is 4.79 Å². The van der Waals surface area contributed by atoms with E-state index in [-0.39, 0.29) is 5.91 Å². The Morgan fingerprint density at radius 2 is 1.59 bits per heavy atom. The molecular weight excluding hydrogens is 500 g/mol. The molecular formula is C26H40N10O3. The zero-order valence-electron chi connectivity index (χ0n) is 22.6. The number of aromatic nitrogens is 5. The van der Waals surface area contributed by atoms with E-state index in [0.717, 1.165) is 38.0 Å². The zero-order valence-corrected chi connectivity index (χ0v) is 22.6. The Morgan fingerprint density at radius 1 is 0.897 bits per heavy atom. The molecule has 0 atom stereocenters. The number of ether oxygens (including phenoxy) is 2. The first-order valence-corrected chi connectivity index (χ1v) is 13.4. The van der Waals surface area contributed by atoms with Crippen LogP contribution in [0.3, 0.4) is 0 Å². The molecule has 1 aromatic carbocycles. The van der Waals surface area contributed by atoms with Crippen LogP contribution in [0.1, 0.15) is 36.5 Å². The maximum absolute atomic E-state index is 12.4. The summed E-state index contributed by atoms with van der Waals surface area (Å²) in [5.74, 6) is 1.23. The van der Waals surface area contributed by atoms with E-state index < -0.39 is 0 Å². The van der Waals surface area contributed by atoms with Gasteiger partial charge in [0.15, 0.2) is 0 Å². The molecule has 3 rings (SSSR count). The molecule has 1 amide bonds. The number of nitrogens with two attached hydrogens (primary N) is 1. The number of nitrogens with zero attached hydrogens (tertiary/aromatic N) is 5. The highest BCUT2D eigenvalue weighted by Crippen LogP contribution is 2.17. The van der Waals surface area contributed by atoms with Crippen molar-refractivity contribution < 1.29 is 14.3 Å². The molecule has 2 heterocycles. The van der Waals surface area contributed by atoms with Crippen LogP contribution in [0.25, 0.3) is 0 Å². The predicted molar refractivity (Wildman–Crippen MR) is 151 cm³/mol. The molecule has 0 aliphatic heterocycles. The Balaban J connectivity index is 1.50. The molecule has 0 unspecified atom stereocenters. The smallest absolute Gasteiger partial charge is 0.251 e. The highest BCUT2D eigenvalue weighted by molar-refractivity contribution is 5.94. The number of amides is 1. The Kier molecular flexibility index (Phi) is 13.5. The van der Waals surface area contributed by atoms with Crippen LogP contribution < -0.4 is 27.0 Å². The summed E-state index contributed by atoms with van der Waals surface area (Å²) in [6, 6.07) is 7.12. The van der Waals surface area contributed by atoms with Gasteiger partial charge in [-0.05, 0) is 37.1 Å². The first-order chi connectivity index (χ1) is 19.2. The molecule has 0 fully saturated rings. The number of unbranched alkanes of at least 4 members (excludes halogenated alkanes) is 1. The number of hydrogen-bond acceptors (Lipinski definition) is 11. The van der Waals surface area contributed by atoms with E-state index in [1.54, 1.807) is 24.7 Å². The summed E-state index contributed by atoms with van der Waals surface area (Å²) in [4.78, 5) is 30.0. The fourth-order valence-corrected chi connectivity index (χ4v) is 3.43. The summed E-state index contributed by atoms with van der Waals surface area (Å²) in [6.07, 6.45) is 8.48. The second-order valence-electron chi connectivity index (χ2n) is 8.64. The van der Waals surface area contributed by atoms with Gasteiger partial charge in [0.1, 0.15) is 0 Å². The highest BCUT2D eigenvalue weighted by Gasteiger charge is 2.09. The fraction of sp³-hybridized carbons (Fsp3) is 0.500. The van der Waals surface area contributed by atoms with Crippen molar-refractivity contribution in [3.8, 4) is 0 Å². The lowest BCUT2D eigenvalue weighted by Gasteiger charge is -2.12. The lowest BCUT2D eigenvalue weighted by atomic mass is 10.2. The van der Waals surface area contributed by atoms with E-state index in [2.05, 4.69) is 48.1 Å². The van der Waals surface area contributed by atoms with Crippen LogP contribution in [0, 0.1) is 0 Å². The number of anilines is 4. The molecule has 0 aliphatic rings. The third-order valence-electron chi connectivity index (χ3n) is 5.45. The zero-order chi connectivity index (χ0) is 27.5. The van der Waals surface area contributed by atoms with Crippen molar-refractivity contribution in [2.75, 3.05) is 68.6 Å². The van der Waals surface area contributed by atoms with Gasteiger partial charge < -0.3 is 41.0 Å². The third-order valence-corrected chi connectivity index (χ3v) is 5.45. The lowest BCUT2D eigenvalue weighted by Crippen LogP contribution is -2.27. The molecule has 0 saturated carbocycles. The van der Waals surface area contributed by atoms with E-state index in [1.807, 2.05) is 22.9 Å². The Hall–Kier alpha value is -3.81. The van der Waals surface area contributed by atoms with Crippen molar-refractivity contribution >= 4 is 29.4 Å². The summed E-state index contributed by atoms with van der Waals surface area (Å²) >= 11 is 0. The quantitative estimate of drug-likeness (QED) is 0.133. The number of imidazole rings is 1. The molecule has 0 spiro atoms. The number of aryl methyl sites for hydroxylation is 1. The SMILES string of the molecule is CCCCNc1nc(NCCCn2ccnc2)nc(Nc2ccc(C(=O)NCCOCCOCCN)cc2)n1. The number of hydrogen-bond donors (Lipinski definition) is 5. The largest absolute Gasteiger partial charge is 0.378 e. The number of benzene rings is 1. The minimum Gasteiger partial charge on any atom is -0.378 e. The van der Waals surface area contributed by atoms with Crippen molar-refractivity contribution in [3.05, 3.63) is 48.5 Å². The second-order valence-corrected chi connectivity index (χ2v) is 8.64. The summed E-state index contributed by atoms with van der Waals surface area (Å²) in [5.41, 5.74) is 6.66. The van der Waals surface area contributed by atoms with Crippen molar-refractivity contribution in [2.45, 2.75) is 32.7 Å². The molecule has 0 radical (unpaired) electrons. The minimum atomic E-state index is -0.172. The van der Waals surface area contributed by atoms with Gasteiger partial charge in [0, 0.05) is 56.4 Å². The maximum Gasteiger partial charge on any atom is 0.251 e. The van der Waals surface area contributed by atoms with E-state index >= 15 is 0 Å². The molecule has 212 valence electrons. The second kappa shape index (κ2) is 17.7. The van der Waals surface area contributed by atoms with Gasteiger partial charge in [0.2, 0.25) is 17.8 Å². The van der Waals surface area contributed by atoms with Crippen molar-refractivity contribution in [1.82, 2.24) is 29.8 Å². The number of nitrogens with one attached hydrogen (secondary N) is 4. The van der Waals surface area contributed by atoms with Gasteiger partial charge in [0.05, 0.1) is 32.8 Å². The third kappa shape index (κ3) is 11.6. The Bertz CT molecular complexity index is 1080. The van der Waals surface area contributed by atoms with Crippen LogP contribution in [0.2, 0.25) is 0 Å². The Labute approximate surface area is 229 Å². The molecule has 3 aromatic rings. The first-order valence-electron chi connectivity index (χ1n) is 13.4. The minimum absolute atomic E-state index is 0.172. The van der Waals surface area contributed by atoms with Crippen molar-refractivity contribution in [1.29, 1.82) is 0 Å². The average molecular weight is 541 g/mol. The summed E-state index contributed by atoms with van der Waals surface area (Å²) in [7, 11) is 0. The van der Waals surface area contributed by atoms with Gasteiger partial charge in [-0.1, -0.05) is 13.3 Å². The first kappa shape index (κ1) is 29.7. The van der Waals surface area contributed by atoms with E-state index in [4.69, 9.17) is 15.2 Å². The van der Waals surface area contributed by atoms with E-state index in [0.29, 0.717) is 69.5 Å². The Morgan fingerprint density at radius 3 is 2.26 bits per heavy atom. The predicted octanol–water partition coefficient (Wildman–Crippen LogP) is 2.25. The highest BCUT2D eigenvalue weighted by atomic mass is 16.5. The van der Waals surface area contributed by atoms with Gasteiger partial charge in [0.25, 0.3) is 5.91 Å². The van der Waals surface area contributed by atoms with Gasteiger partial charge in [-0.2, -0.15) is 15.0 Å². The summed E-state index contributed by atoms with van der Waals surface area (Å²) < 4.78 is 12.7. The summed E-state index contributed by atoms with van der Waals surface area (Å²) in [5, 5.41) is 12.6. The van der Waals surface area contributed by atoms with Crippen molar-refractivity contribution in [2.24, 2.45) is 5.73 Å². The van der Waals surface area contributed by atoms with Gasteiger partial charge in [-0.15, -0.1) is 0 Å². The number of rotatable bonds is 20. The normalized spacial score (nSPS) is 10.8. The molecule has 39 heavy (non-hydrogen) atoms. The topological polar surface area (TPSA) is 166 Å². The van der Waals surface area contributed by atoms with Crippen molar-refractivity contribution in [3.63, 3.8) is 0 Å². The molecule has 2 aromatic heterocycles. The maximum atomic E-state index is 12.4. The number of carbonyl (C=O) groups is 1. The average Bonchev–Trinajstić information content (AvgIpc) is 3.47. The molecule has 13 heteroatoms. The van der Waals surface area contributed by atoms with Gasteiger partial charge in [-0.3, -0.25) is 4.79 Å². The molecule has 0 aliphatic carbocycles. The van der Waals surface area contributed by atoms with E-state index in [1.165, 1.54) is 0 Å². The molecule has 13 nitrogen and oxygen atoms in total. The summed E-state index contributed by atoms with van der Waals surface area (Å²) in [6.45, 7) is 7.23. The van der Waals surface area contributed by atoms with Crippen LogP contribution in [-0.4, -0.2) is 83.0 Å². The molecule has 0 saturated heterocycles. The lowest BCUT2D eigenvalue weighted by molar-refractivity contribution is 0.0511. The van der Waals surface area contributed by atoms with Crippen LogP contribution in [-0.2, 0) is 16.0 Å². The van der Waals surface area contributed by atoms with Crippen LogP contribution >= 0.6 is 0 Å². The number of carbonyl (C=O) groups excluding carboxylic acids is 1. The van der Waals surface area contributed by atoms with Gasteiger partial charge >= 0.3 is 0 Å². The van der Waals surface area contributed by atoms with Crippen LogP contribution in [0.4, 0.5) is 23.5 Å². The van der Waals surface area contributed by atoms with Gasteiger partial charge in [-0.25, -0.2) is 4.98 Å². The van der Waals surface area contributed by atoms with Crippen LogP contribution in [0.15, 0.2) is 43.0 Å². The monoisotopic (exact) mass is 540 g/mol. The van der Waals surface area contributed by atoms with Crippen LogP contribution in [0.5, 0.6) is 0 Å². The molecule has 0 bridgehead atoms. The fourth-order valence-electron chi connectivity index (χ4n) is 3.43.